The number of carboxylic acids is 1. The Labute approximate surface area is 199 Å². The molecular weight excluding hydrogens is 440 g/mol. The summed E-state index contributed by atoms with van der Waals surface area (Å²) in [6.07, 6.45) is -0.498. The number of hydrogen-bond acceptors (Lipinski definition) is 7. The molecule has 0 saturated carbocycles. The van der Waals surface area contributed by atoms with Crippen LogP contribution in [0.1, 0.15) is 46.9 Å². The van der Waals surface area contributed by atoms with Gasteiger partial charge in [0.2, 0.25) is 17.6 Å². The normalized spacial score (nSPS) is 13.3. The highest BCUT2D eigenvalue weighted by atomic mass is 16.6. The number of aromatic nitrogens is 2. The monoisotopic (exact) mass is 474 g/mol. The predicted molar refractivity (Wildman–Crippen MR) is 125 cm³/mol. The second-order valence-electron chi connectivity index (χ2n) is 9.62. The molecule has 34 heavy (non-hydrogen) atoms. The zero-order chi connectivity index (χ0) is 25.6. The number of nitrogens with zero attached hydrogens (tertiary/aromatic N) is 4. The van der Waals surface area contributed by atoms with Gasteiger partial charge in [0.1, 0.15) is 17.7 Å². The molecule has 0 fully saturated rings. The summed E-state index contributed by atoms with van der Waals surface area (Å²) in [6, 6.07) is 6.96. The fraction of sp³-hybridized carbons (Fsp3) is 0.542. The van der Waals surface area contributed by atoms with Gasteiger partial charge < -0.3 is 19.3 Å². The molecule has 2 unspecified atom stereocenters. The Morgan fingerprint density at radius 2 is 1.68 bits per heavy atom. The van der Waals surface area contributed by atoms with Gasteiger partial charge in [0, 0.05) is 19.7 Å². The first-order valence-corrected chi connectivity index (χ1v) is 11.1. The van der Waals surface area contributed by atoms with Crippen LogP contribution < -0.4 is 0 Å². The molecule has 1 heterocycles. The van der Waals surface area contributed by atoms with Crippen molar-refractivity contribution in [2.24, 2.45) is 5.92 Å². The standard InChI is InChI=1S/C24H34N4O6/c1-15(2)13-17(28(7)23(32)33-24(3,4)5)21(29)27(6)18(22(30)31)14-19-25-20(26-34-19)16-11-9-8-10-12-16/h8-12,15,17-18H,13-14H2,1-7H3,(H,30,31). The van der Waals surface area contributed by atoms with Crippen LogP contribution in [0.25, 0.3) is 11.4 Å². The Hall–Kier alpha value is -3.43. The van der Waals surface area contributed by atoms with E-state index in [-0.39, 0.29) is 18.2 Å². The molecule has 0 radical (unpaired) electrons. The van der Waals surface area contributed by atoms with E-state index in [1.54, 1.807) is 20.8 Å². The zero-order valence-corrected chi connectivity index (χ0v) is 20.8. The first-order chi connectivity index (χ1) is 15.8. The third kappa shape index (κ3) is 7.29. The van der Waals surface area contributed by atoms with Crippen molar-refractivity contribution in [3.05, 3.63) is 36.2 Å². The molecule has 1 aromatic carbocycles. The van der Waals surface area contributed by atoms with E-state index in [1.165, 1.54) is 19.0 Å². The minimum atomic E-state index is -1.27. The third-order valence-electron chi connectivity index (χ3n) is 5.10. The van der Waals surface area contributed by atoms with Gasteiger partial charge in [-0.1, -0.05) is 49.3 Å². The molecule has 10 nitrogen and oxygen atoms in total. The number of likely N-dealkylation sites (N-methyl/N-ethyl adjacent to an activating group) is 2. The van der Waals surface area contributed by atoms with Gasteiger partial charge in [-0.25, -0.2) is 9.59 Å². The number of benzene rings is 1. The highest BCUT2D eigenvalue weighted by molar-refractivity contribution is 5.89. The van der Waals surface area contributed by atoms with Gasteiger partial charge >= 0.3 is 12.1 Å². The third-order valence-corrected chi connectivity index (χ3v) is 5.10. The highest BCUT2D eigenvalue weighted by Crippen LogP contribution is 2.20. The lowest BCUT2D eigenvalue weighted by Crippen LogP contribution is -2.54. The van der Waals surface area contributed by atoms with Crippen molar-refractivity contribution in [1.82, 2.24) is 19.9 Å². The number of carboxylic acid groups (broad SMARTS) is 1. The number of carbonyl (C=O) groups excluding carboxylic acids is 2. The summed E-state index contributed by atoms with van der Waals surface area (Å²) in [4.78, 5) is 44.7. The Kier molecular flexibility index (Phi) is 8.78. The second-order valence-corrected chi connectivity index (χ2v) is 9.62. The van der Waals surface area contributed by atoms with Crippen LogP contribution in [-0.2, 0) is 20.7 Å². The molecule has 1 N–H and O–H groups in total. The molecule has 0 aliphatic heterocycles. The summed E-state index contributed by atoms with van der Waals surface area (Å²) in [5.41, 5.74) is -0.00877. The van der Waals surface area contributed by atoms with E-state index < -0.39 is 35.7 Å². The Morgan fingerprint density at radius 1 is 1.06 bits per heavy atom. The van der Waals surface area contributed by atoms with Crippen LogP contribution >= 0.6 is 0 Å². The predicted octanol–water partition coefficient (Wildman–Crippen LogP) is 3.47. The average molecular weight is 475 g/mol. The van der Waals surface area contributed by atoms with Gasteiger partial charge in [-0.15, -0.1) is 0 Å². The van der Waals surface area contributed by atoms with Crippen LogP contribution in [0.2, 0.25) is 0 Å². The molecule has 0 saturated heterocycles. The molecule has 0 spiro atoms. The van der Waals surface area contributed by atoms with Gasteiger partial charge in [0.15, 0.2) is 0 Å². The minimum Gasteiger partial charge on any atom is -0.480 e. The van der Waals surface area contributed by atoms with Crippen LogP contribution in [-0.4, -0.2) is 74.8 Å². The molecule has 1 aromatic heterocycles. The topological polar surface area (TPSA) is 126 Å². The largest absolute Gasteiger partial charge is 0.480 e. The summed E-state index contributed by atoms with van der Waals surface area (Å²) in [5.74, 6) is -1.25. The molecule has 186 valence electrons. The summed E-state index contributed by atoms with van der Waals surface area (Å²) < 4.78 is 10.7. The summed E-state index contributed by atoms with van der Waals surface area (Å²) >= 11 is 0. The van der Waals surface area contributed by atoms with E-state index in [0.29, 0.717) is 12.2 Å². The maximum atomic E-state index is 13.4. The van der Waals surface area contributed by atoms with E-state index in [1.807, 2.05) is 44.2 Å². The van der Waals surface area contributed by atoms with Crippen molar-refractivity contribution in [1.29, 1.82) is 0 Å². The Bertz CT molecular complexity index is 983. The van der Waals surface area contributed by atoms with Gasteiger partial charge in [-0.05, 0) is 33.1 Å². The van der Waals surface area contributed by atoms with Crippen molar-refractivity contribution >= 4 is 18.0 Å². The number of aliphatic carboxylic acids is 1. The van der Waals surface area contributed by atoms with E-state index in [0.717, 1.165) is 10.5 Å². The quantitative estimate of drug-likeness (QED) is 0.585. The minimum absolute atomic E-state index is 0.0693. The molecule has 0 bridgehead atoms. The molecule has 0 aliphatic rings. The van der Waals surface area contributed by atoms with Gasteiger partial charge in [-0.3, -0.25) is 9.69 Å². The summed E-state index contributed by atoms with van der Waals surface area (Å²) in [6.45, 7) is 9.04. The number of rotatable bonds is 9. The van der Waals surface area contributed by atoms with E-state index in [4.69, 9.17) is 9.26 Å². The Morgan fingerprint density at radius 3 is 2.21 bits per heavy atom. The fourth-order valence-corrected chi connectivity index (χ4v) is 3.32. The lowest BCUT2D eigenvalue weighted by atomic mass is 10.0. The number of ether oxygens (including phenoxy) is 1. The number of amides is 2. The van der Waals surface area contributed by atoms with E-state index in [9.17, 15) is 19.5 Å². The average Bonchev–Trinajstić information content (AvgIpc) is 3.22. The molecule has 0 aliphatic carbocycles. The van der Waals surface area contributed by atoms with Gasteiger partial charge in [0.25, 0.3) is 0 Å². The molecular formula is C24H34N4O6. The van der Waals surface area contributed by atoms with Crippen LogP contribution in [0.15, 0.2) is 34.9 Å². The van der Waals surface area contributed by atoms with Crippen LogP contribution in [0, 0.1) is 5.92 Å². The van der Waals surface area contributed by atoms with Crippen LogP contribution in [0.5, 0.6) is 0 Å². The SMILES string of the molecule is CC(C)CC(C(=O)N(C)C(Cc1nc(-c2ccccc2)no1)C(=O)O)N(C)C(=O)OC(C)(C)C. The van der Waals surface area contributed by atoms with Crippen molar-refractivity contribution in [3.63, 3.8) is 0 Å². The first-order valence-electron chi connectivity index (χ1n) is 11.1. The fourth-order valence-electron chi connectivity index (χ4n) is 3.32. The molecule has 10 heteroatoms. The Balaban J connectivity index is 2.23. The lowest BCUT2D eigenvalue weighted by Gasteiger charge is -2.34. The molecule has 2 atom stereocenters. The smallest absolute Gasteiger partial charge is 0.410 e. The van der Waals surface area contributed by atoms with Gasteiger partial charge in [-0.2, -0.15) is 4.98 Å². The van der Waals surface area contributed by atoms with Crippen molar-refractivity contribution in [3.8, 4) is 11.4 Å². The van der Waals surface area contributed by atoms with E-state index in [2.05, 4.69) is 10.1 Å². The van der Waals surface area contributed by atoms with Crippen molar-refractivity contribution < 1.29 is 28.8 Å². The molecule has 2 rings (SSSR count). The zero-order valence-electron chi connectivity index (χ0n) is 20.8. The summed E-state index contributed by atoms with van der Waals surface area (Å²) in [5, 5.41) is 13.8. The van der Waals surface area contributed by atoms with Gasteiger partial charge in [0.05, 0.1) is 6.42 Å². The summed E-state index contributed by atoms with van der Waals surface area (Å²) in [7, 11) is 2.87. The first kappa shape index (κ1) is 26.8. The van der Waals surface area contributed by atoms with E-state index >= 15 is 0 Å². The number of carbonyl (C=O) groups is 3. The molecule has 2 aromatic rings. The second kappa shape index (κ2) is 11.1. The van der Waals surface area contributed by atoms with Crippen LogP contribution in [0.4, 0.5) is 4.79 Å². The lowest BCUT2D eigenvalue weighted by molar-refractivity contribution is -0.151. The molecule has 2 amide bonds. The number of hydrogen-bond donors (Lipinski definition) is 1. The maximum Gasteiger partial charge on any atom is 0.410 e. The van der Waals surface area contributed by atoms with Crippen molar-refractivity contribution in [2.45, 2.75) is 65.1 Å². The van der Waals surface area contributed by atoms with Crippen LogP contribution in [0.3, 0.4) is 0 Å². The maximum absolute atomic E-state index is 13.4. The highest BCUT2D eigenvalue weighted by Gasteiger charge is 2.37. The van der Waals surface area contributed by atoms with Crippen molar-refractivity contribution in [2.75, 3.05) is 14.1 Å².